The number of nitrogens with one attached hydrogen (secondary N) is 1. The first kappa shape index (κ1) is 21.3. The van der Waals surface area contributed by atoms with E-state index in [0.717, 1.165) is 44.8 Å². The van der Waals surface area contributed by atoms with Crippen molar-refractivity contribution in [3.63, 3.8) is 0 Å². The number of rotatable bonds is 9. The fraction of sp³-hybridized carbons (Fsp3) is 0.458. The molecule has 1 saturated heterocycles. The van der Waals surface area contributed by atoms with E-state index in [-0.39, 0.29) is 12.0 Å². The third-order valence-corrected chi connectivity index (χ3v) is 5.33. The molecule has 0 spiro atoms. The van der Waals surface area contributed by atoms with Crippen LogP contribution in [0.3, 0.4) is 0 Å². The topological polar surface area (TPSA) is 44.8 Å². The number of ether oxygens (including phenoxy) is 1. The minimum atomic E-state index is -0.0427. The van der Waals surface area contributed by atoms with Gasteiger partial charge in [-0.3, -0.25) is 9.69 Å². The lowest BCUT2D eigenvalue weighted by molar-refractivity contribution is -0.0292. The molecule has 2 aromatic carbocycles. The van der Waals surface area contributed by atoms with Crippen LogP contribution in [0.4, 0.5) is 5.69 Å². The van der Waals surface area contributed by atoms with Gasteiger partial charge in [0, 0.05) is 50.5 Å². The van der Waals surface area contributed by atoms with E-state index in [9.17, 15) is 4.79 Å². The van der Waals surface area contributed by atoms with E-state index in [2.05, 4.69) is 53.2 Å². The number of hydrogen-bond acceptors (Lipinski definition) is 4. The number of nitrogens with zero attached hydrogens (tertiary/aromatic N) is 2. The summed E-state index contributed by atoms with van der Waals surface area (Å²) in [6.45, 7) is 10.2. The third kappa shape index (κ3) is 6.31. The smallest absolute Gasteiger partial charge is 0.251 e. The van der Waals surface area contributed by atoms with E-state index in [0.29, 0.717) is 18.7 Å². The number of carbonyl (C=O) groups is 1. The van der Waals surface area contributed by atoms with Gasteiger partial charge in [-0.25, -0.2) is 0 Å². The molecular formula is C24H33N3O2. The molecule has 1 N–H and O–H groups in total. The van der Waals surface area contributed by atoms with Crippen LogP contribution in [0.2, 0.25) is 0 Å². The summed E-state index contributed by atoms with van der Waals surface area (Å²) in [7, 11) is 0. The molecule has 0 aromatic heterocycles. The van der Waals surface area contributed by atoms with Crippen molar-refractivity contribution < 1.29 is 9.53 Å². The molecule has 1 aliphatic heterocycles. The van der Waals surface area contributed by atoms with Crippen molar-refractivity contribution >= 4 is 11.6 Å². The number of hydrogen-bond donors (Lipinski definition) is 1. The van der Waals surface area contributed by atoms with E-state index in [1.807, 2.05) is 30.3 Å². The fourth-order valence-corrected chi connectivity index (χ4v) is 3.76. The van der Waals surface area contributed by atoms with Crippen molar-refractivity contribution in [3.05, 3.63) is 65.7 Å². The molecule has 0 saturated carbocycles. The summed E-state index contributed by atoms with van der Waals surface area (Å²) in [6.07, 6.45) is 1.13. The Bertz CT molecular complexity index is 748. The number of amides is 1. The number of morpholine rings is 1. The second kappa shape index (κ2) is 11.0. The van der Waals surface area contributed by atoms with Gasteiger partial charge < -0.3 is 15.0 Å². The normalized spacial score (nSPS) is 17.1. The van der Waals surface area contributed by atoms with Crippen molar-refractivity contribution in [3.8, 4) is 0 Å². The first-order valence-corrected chi connectivity index (χ1v) is 10.7. The highest BCUT2D eigenvalue weighted by molar-refractivity contribution is 5.94. The lowest BCUT2D eigenvalue weighted by Gasteiger charge is -2.33. The maximum Gasteiger partial charge on any atom is 0.251 e. The number of benzene rings is 2. The van der Waals surface area contributed by atoms with Gasteiger partial charge in [0.2, 0.25) is 0 Å². The van der Waals surface area contributed by atoms with Crippen LogP contribution in [-0.2, 0) is 11.3 Å². The second-order valence-electron chi connectivity index (χ2n) is 7.55. The molecule has 29 heavy (non-hydrogen) atoms. The van der Waals surface area contributed by atoms with Gasteiger partial charge in [-0.1, -0.05) is 37.3 Å². The largest absolute Gasteiger partial charge is 0.374 e. The average Bonchev–Trinajstić information content (AvgIpc) is 2.77. The first-order chi connectivity index (χ1) is 14.2. The summed E-state index contributed by atoms with van der Waals surface area (Å²) in [4.78, 5) is 17.2. The molecule has 156 valence electrons. The molecule has 1 fully saturated rings. The van der Waals surface area contributed by atoms with Crippen LogP contribution in [0.25, 0.3) is 0 Å². The van der Waals surface area contributed by atoms with Gasteiger partial charge in [0.05, 0.1) is 12.7 Å². The van der Waals surface area contributed by atoms with E-state index in [1.54, 1.807) is 0 Å². The molecule has 1 aliphatic rings. The standard InChI is InChI=1S/C24H33N3O2/c1-3-14-27(4-2)22-12-10-21(11-13-22)24(28)25-17-23-19-26(15-16-29-23)18-20-8-6-5-7-9-20/h5-13,23H,3-4,14-19H2,1-2H3,(H,25,28). The summed E-state index contributed by atoms with van der Waals surface area (Å²) in [6, 6.07) is 18.4. The van der Waals surface area contributed by atoms with Crippen molar-refractivity contribution in [2.24, 2.45) is 0 Å². The third-order valence-electron chi connectivity index (χ3n) is 5.33. The summed E-state index contributed by atoms with van der Waals surface area (Å²) >= 11 is 0. The highest BCUT2D eigenvalue weighted by Gasteiger charge is 2.21. The van der Waals surface area contributed by atoms with Crippen LogP contribution >= 0.6 is 0 Å². The molecule has 0 aliphatic carbocycles. The lowest BCUT2D eigenvalue weighted by atomic mass is 10.1. The Kier molecular flexibility index (Phi) is 8.08. The Balaban J connectivity index is 1.48. The lowest BCUT2D eigenvalue weighted by Crippen LogP contribution is -2.47. The van der Waals surface area contributed by atoms with Gasteiger partial charge in [0.25, 0.3) is 5.91 Å². The molecule has 2 aromatic rings. The Hall–Kier alpha value is -2.37. The zero-order valence-corrected chi connectivity index (χ0v) is 17.6. The molecule has 0 radical (unpaired) electrons. The number of carbonyl (C=O) groups excluding carboxylic acids is 1. The fourth-order valence-electron chi connectivity index (χ4n) is 3.76. The van der Waals surface area contributed by atoms with Crippen LogP contribution in [0, 0.1) is 0 Å². The Morgan fingerprint density at radius 3 is 2.59 bits per heavy atom. The molecular weight excluding hydrogens is 362 g/mol. The summed E-state index contributed by atoms with van der Waals surface area (Å²) < 4.78 is 5.86. The van der Waals surface area contributed by atoms with Crippen molar-refractivity contribution in [2.75, 3.05) is 44.2 Å². The van der Waals surface area contributed by atoms with E-state index < -0.39 is 0 Å². The van der Waals surface area contributed by atoms with Crippen molar-refractivity contribution in [1.29, 1.82) is 0 Å². The molecule has 5 heteroatoms. The minimum Gasteiger partial charge on any atom is -0.374 e. The van der Waals surface area contributed by atoms with Crippen LogP contribution in [0.1, 0.15) is 36.2 Å². The summed E-state index contributed by atoms with van der Waals surface area (Å²) in [5, 5.41) is 3.04. The Morgan fingerprint density at radius 1 is 1.14 bits per heavy atom. The maximum atomic E-state index is 12.5. The zero-order valence-electron chi connectivity index (χ0n) is 17.6. The maximum absolute atomic E-state index is 12.5. The first-order valence-electron chi connectivity index (χ1n) is 10.7. The van der Waals surface area contributed by atoms with Crippen molar-refractivity contribution in [2.45, 2.75) is 32.9 Å². The Labute approximate surface area is 174 Å². The second-order valence-corrected chi connectivity index (χ2v) is 7.55. The monoisotopic (exact) mass is 395 g/mol. The predicted octanol–water partition coefficient (Wildman–Crippen LogP) is 3.55. The zero-order chi connectivity index (χ0) is 20.5. The molecule has 3 rings (SSSR count). The summed E-state index contributed by atoms with van der Waals surface area (Å²) in [5.41, 5.74) is 3.16. The highest BCUT2D eigenvalue weighted by atomic mass is 16.5. The molecule has 1 unspecified atom stereocenters. The number of anilines is 1. The van der Waals surface area contributed by atoms with Gasteiger partial charge in [0.15, 0.2) is 0 Å². The quantitative estimate of drug-likeness (QED) is 0.705. The highest BCUT2D eigenvalue weighted by Crippen LogP contribution is 2.16. The van der Waals surface area contributed by atoms with Gasteiger partial charge in [0.1, 0.15) is 0 Å². The van der Waals surface area contributed by atoms with E-state index >= 15 is 0 Å². The van der Waals surface area contributed by atoms with Gasteiger partial charge >= 0.3 is 0 Å². The molecule has 0 bridgehead atoms. The van der Waals surface area contributed by atoms with Crippen LogP contribution < -0.4 is 10.2 Å². The molecule has 1 heterocycles. The SMILES string of the molecule is CCCN(CC)c1ccc(C(=O)NCC2CN(Cc3ccccc3)CCO2)cc1. The van der Waals surface area contributed by atoms with Crippen LogP contribution in [0.15, 0.2) is 54.6 Å². The van der Waals surface area contributed by atoms with Gasteiger partial charge in [-0.05, 0) is 43.2 Å². The molecule has 1 amide bonds. The van der Waals surface area contributed by atoms with Crippen LogP contribution in [0.5, 0.6) is 0 Å². The summed E-state index contributed by atoms with van der Waals surface area (Å²) in [5.74, 6) is -0.0427. The molecule has 1 atom stereocenters. The van der Waals surface area contributed by atoms with Crippen molar-refractivity contribution in [1.82, 2.24) is 10.2 Å². The minimum absolute atomic E-state index is 0.0239. The van der Waals surface area contributed by atoms with E-state index in [4.69, 9.17) is 4.74 Å². The van der Waals surface area contributed by atoms with Gasteiger partial charge in [-0.15, -0.1) is 0 Å². The van der Waals surface area contributed by atoms with E-state index in [1.165, 1.54) is 5.56 Å². The average molecular weight is 396 g/mol. The predicted molar refractivity (Wildman–Crippen MR) is 118 cm³/mol. The van der Waals surface area contributed by atoms with Crippen LogP contribution in [-0.4, -0.2) is 56.2 Å². The van der Waals surface area contributed by atoms with Gasteiger partial charge in [-0.2, -0.15) is 0 Å². The molecule has 5 nitrogen and oxygen atoms in total. The Morgan fingerprint density at radius 2 is 1.90 bits per heavy atom.